The van der Waals surface area contributed by atoms with E-state index in [0.29, 0.717) is 13.2 Å². The molecular weight excluding hydrogens is 176 g/mol. The van der Waals surface area contributed by atoms with Crippen LogP contribution in [-0.4, -0.2) is 25.7 Å². The molecule has 0 aromatic rings. The summed E-state index contributed by atoms with van der Waals surface area (Å²) in [6.07, 6.45) is -0.0163. The van der Waals surface area contributed by atoms with Crippen LogP contribution in [0.25, 0.3) is 0 Å². The predicted molar refractivity (Wildman–Crippen MR) is 40.2 cm³/mol. The number of hydrogen-bond donors (Lipinski definition) is 1. The molecule has 0 aliphatic heterocycles. The number of halogens is 3. The fourth-order valence-corrected chi connectivity index (χ4v) is 0.759. The Labute approximate surface area is 70.5 Å². The molecule has 0 saturated heterocycles. The molecule has 0 aromatic heterocycles. The smallest absolute Gasteiger partial charge is 0.253 e. The monoisotopic (exact) mass is 187 g/mol. The lowest BCUT2D eigenvalue weighted by molar-refractivity contribution is 0.0571. The molecule has 1 aliphatic carbocycles. The standard InChI is InChI=1S/C6H11F2NO.ClH/c7-6(8)3-5(6)4-10-2-1-9;/h5H,1-4,9H2;1H. The van der Waals surface area contributed by atoms with Gasteiger partial charge in [0.15, 0.2) is 0 Å². The molecular formula is C6H12ClF2NO. The molecule has 1 fully saturated rings. The van der Waals surface area contributed by atoms with E-state index in [0.717, 1.165) is 0 Å². The first kappa shape index (κ1) is 11.1. The van der Waals surface area contributed by atoms with Crippen molar-refractivity contribution in [2.75, 3.05) is 19.8 Å². The highest BCUT2D eigenvalue weighted by atomic mass is 35.5. The Bertz CT molecular complexity index is 123. The van der Waals surface area contributed by atoms with E-state index in [-0.39, 0.29) is 25.4 Å². The Morgan fingerprint density at radius 2 is 2.09 bits per heavy atom. The third-order valence-corrected chi connectivity index (χ3v) is 1.54. The van der Waals surface area contributed by atoms with E-state index in [9.17, 15) is 8.78 Å². The summed E-state index contributed by atoms with van der Waals surface area (Å²) in [5, 5.41) is 0. The summed E-state index contributed by atoms with van der Waals surface area (Å²) in [7, 11) is 0. The van der Waals surface area contributed by atoms with Gasteiger partial charge in [0, 0.05) is 13.0 Å². The number of nitrogens with two attached hydrogens (primary N) is 1. The molecule has 1 aliphatic rings. The van der Waals surface area contributed by atoms with Crippen LogP contribution in [-0.2, 0) is 4.74 Å². The highest BCUT2D eigenvalue weighted by Crippen LogP contribution is 2.48. The maximum atomic E-state index is 12.1. The Morgan fingerprint density at radius 3 is 2.45 bits per heavy atom. The normalized spacial score (nSPS) is 25.9. The fourth-order valence-electron chi connectivity index (χ4n) is 0.759. The number of ether oxygens (including phenoxy) is 1. The maximum absolute atomic E-state index is 12.1. The van der Waals surface area contributed by atoms with Gasteiger partial charge in [-0.2, -0.15) is 0 Å². The Morgan fingerprint density at radius 1 is 1.55 bits per heavy atom. The van der Waals surface area contributed by atoms with Crippen LogP contribution in [0.15, 0.2) is 0 Å². The molecule has 1 unspecified atom stereocenters. The molecule has 68 valence electrons. The SMILES string of the molecule is Cl.NCCOCC1CC1(F)F. The molecule has 0 radical (unpaired) electrons. The molecule has 0 amide bonds. The van der Waals surface area contributed by atoms with Crippen molar-refractivity contribution >= 4 is 12.4 Å². The number of hydrogen-bond acceptors (Lipinski definition) is 2. The summed E-state index contributed by atoms with van der Waals surface area (Å²) in [5.74, 6) is -2.99. The van der Waals surface area contributed by atoms with Crippen LogP contribution in [0.1, 0.15) is 6.42 Å². The molecule has 0 heterocycles. The average Bonchev–Trinajstić information content (AvgIpc) is 2.41. The third kappa shape index (κ3) is 3.31. The van der Waals surface area contributed by atoms with E-state index in [1.807, 2.05) is 0 Å². The van der Waals surface area contributed by atoms with Crippen LogP contribution in [0.3, 0.4) is 0 Å². The Balaban J connectivity index is 0.000001000. The van der Waals surface area contributed by atoms with E-state index in [1.165, 1.54) is 0 Å². The summed E-state index contributed by atoms with van der Waals surface area (Å²) in [5.41, 5.74) is 5.09. The van der Waals surface area contributed by atoms with Crippen molar-refractivity contribution < 1.29 is 13.5 Å². The first-order chi connectivity index (χ1) is 4.67. The summed E-state index contributed by atoms with van der Waals surface area (Å²) in [6.45, 7) is 0.940. The maximum Gasteiger partial charge on any atom is 0.253 e. The topological polar surface area (TPSA) is 35.2 Å². The van der Waals surface area contributed by atoms with Crippen molar-refractivity contribution in [3.63, 3.8) is 0 Å². The minimum atomic E-state index is -2.45. The molecule has 11 heavy (non-hydrogen) atoms. The van der Waals surface area contributed by atoms with Gasteiger partial charge >= 0.3 is 0 Å². The first-order valence-corrected chi connectivity index (χ1v) is 3.32. The van der Waals surface area contributed by atoms with E-state index in [4.69, 9.17) is 10.5 Å². The second-order valence-electron chi connectivity index (χ2n) is 2.53. The molecule has 2 N–H and O–H groups in total. The van der Waals surface area contributed by atoms with Crippen molar-refractivity contribution in [2.45, 2.75) is 12.3 Å². The van der Waals surface area contributed by atoms with Crippen molar-refractivity contribution in [1.82, 2.24) is 0 Å². The minimum Gasteiger partial charge on any atom is -0.380 e. The molecule has 5 heteroatoms. The highest BCUT2D eigenvalue weighted by molar-refractivity contribution is 5.85. The lowest BCUT2D eigenvalue weighted by Gasteiger charge is -1.99. The van der Waals surface area contributed by atoms with Crippen molar-refractivity contribution in [3.8, 4) is 0 Å². The van der Waals surface area contributed by atoms with Gasteiger partial charge in [-0.1, -0.05) is 0 Å². The van der Waals surface area contributed by atoms with Crippen molar-refractivity contribution in [2.24, 2.45) is 11.7 Å². The van der Waals surface area contributed by atoms with E-state index >= 15 is 0 Å². The van der Waals surface area contributed by atoms with Crippen LogP contribution < -0.4 is 5.73 Å². The van der Waals surface area contributed by atoms with Crippen molar-refractivity contribution in [3.05, 3.63) is 0 Å². The zero-order chi connectivity index (χ0) is 7.61. The lowest BCUT2D eigenvalue weighted by Crippen LogP contribution is -2.11. The summed E-state index contributed by atoms with van der Waals surface area (Å²) >= 11 is 0. The number of alkyl halides is 2. The zero-order valence-corrected chi connectivity index (χ0v) is 6.87. The van der Waals surface area contributed by atoms with Crippen molar-refractivity contribution in [1.29, 1.82) is 0 Å². The van der Waals surface area contributed by atoms with Gasteiger partial charge in [-0.05, 0) is 0 Å². The largest absolute Gasteiger partial charge is 0.380 e. The Hall–Kier alpha value is 0.0700. The van der Waals surface area contributed by atoms with E-state index < -0.39 is 11.8 Å². The third-order valence-electron chi connectivity index (χ3n) is 1.54. The van der Waals surface area contributed by atoms with Crippen LogP contribution in [0, 0.1) is 5.92 Å². The summed E-state index contributed by atoms with van der Waals surface area (Å²) in [6, 6.07) is 0. The molecule has 0 spiro atoms. The quantitative estimate of drug-likeness (QED) is 0.668. The zero-order valence-electron chi connectivity index (χ0n) is 6.06. The molecule has 1 rings (SSSR count). The minimum absolute atomic E-state index is 0. The van der Waals surface area contributed by atoms with Crippen LogP contribution in [0.4, 0.5) is 8.78 Å². The molecule has 2 nitrogen and oxygen atoms in total. The Kier molecular flexibility index (Phi) is 4.21. The van der Waals surface area contributed by atoms with Gasteiger partial charge in [-0.25, -0.2) is 8.78 Å². The molecule has 1 saturated carbocycles. The van der Waals surface area contributed by atoms with Gasteiger partial charge in [0.05, 0.1) is 19.1 Å². The predicted octanol–water partition coefficient (Wildman–Crippen LogP) is 1.04. The fraction of sp³-hybridized carbons (Fsp3) is 1.00. The van der Waals surface area contributed by atoms with Gasteiger partial charge in [-0.15, -0.1) is 12.4 Å². The van der Waals surface area contributed by atoms with Crippen LogP contribution in [0.2, 0.25) is 0 Å². The summed E-state index contributed by atoms with van der Waals surface area (Å²) < 4.78 is 29.1. The summed E-state index contributed by atoms with van der Waals surface area (Å²) in [4.78, 5) is 0. The molecule has 0 bridgehead atoms. The lowest BCUT2D eigenvalue weighted by atomic mass is 10.4. The van der Waals surface area contributed by atoms with Crippen LogP contribution >= 0.6 is 12.4 Å². The van der Waals surface area contributed by atoms with E-state index in [1.54, 1.807) is 0 Å². The number of rotatable bonds is 4. The second-order valence-corrected chi connectivity index (χ2v) is 2.53. The van der Waals surface area contributed by atoms with Gasteiger partial charge in [0.25, 0.3) is 5.92 Å². The second kappa shape index (κ2) is 4.18. The molecule has 1 atom stereocenters. The highest BCUT2D eigenvalue weighted by Gasteiger charge is 2.56. The van der Waals surface area contributed by atoms with Gasteiger partial charge in [-0.3, -0.25) is 0 Å². The van der Waals surface area contributed by atoms with Crippen LogP contribution in [0.5, 0.6) is 0 Å². The average molecular weight is 188 g/mol. The van der Waals surface area contributed by atoms with Gasteiger partial charge < -0.3 is 10.5 Å². The van der Waals surface area contributed by atoms with Gasteiger partial charge in [0.1, 0.15) is 0 Å². The van der Waals surface area contributed by atoms with Gasteiger partial charge in [0.2, 0.25) is 0 Å². The molecule has 0 aromatic carbocycles. The first-order valence-electron chi connectivity index (χ1n) is 3.32. The van der Waals surface area contributed by atoms with E-state index in [2.05, 4.69) is 0 Å².